The molecule has 0 aliphatic heterocycles. The lowest BCUT2D eigenvalue weighted by molar-refractivity contribution is -0.133. The number of alkyl carbamates (subject to hydrolysis) is 1. The van der Waals surface area contributed by atoms with Gasteiger partial charge in [0.1, 0.15) is 22.9 Å². The molecular weight excluding hydrogens is 522 g/mol. The fourth-order valence-electron chi connectivity index (χ4n) is 4.53. The van der Waals surface area contributed by atoms with E-state index < -0.39 is 45.2 Å². The van der Waals surface area contributed by atoms with Crippen LogP contribution in [0.15, 0.2) is 48.5 Å². The van der Waals surface area contributed by atoms with Crippen molar-refractivity contribution < 1.29 is 31.7 Å². The van der Waals surface area contributed by atoms with Crippen molar-refractivity contribution in [2.75, 3.05) is 6.26 Å². The van der Waals surface area contributed by atoms with Crippen LogP contribution < -0.4 is 20.6 Å². The van der Waals surface area contributed by atoms with Crippen molar-refractivity contribution in [3.8, 4) is 16.9 Å². The molecule has 2 aromatic carbocycles. The smallest absolute Gasteiger partial charge is 0.408 e. The number of amides is 3. The Hall–Kier alpha value is -3.60. The van der Waals surface area contributed by atoms with E-state index in [-0.39, 0.29) is 12.2 Å². The van der Waals surface area contributed by atoms with Crippen molar-refractivity contribution in [1.82, 2.24) is 10.6 Å². The van der Waals surface area contributed by atoms with E-state index >= 15 is 0 Å². The molecule has 4 N–H and O–H groups in total. The second kappa shape index (κ2) is 12.1. The van der Waals surface area contributed by atoms with E-state index in [2.05, 4.69) is 10.6 Å². The van der Waals surface area contributed by atoms with Crippen molar-refractivity contribution in [3.63, 3.8) is 0 Å². The van der Waals surface area contributed by atoms with Gasteiger partial charge in [-0.2, -0.15) is 8.42 Å². The van der Waals surface area contributed by atoms with Gasteiger partial charge >= 0.3 is 16.2 Å². The van der Waals surface area contributed by atoms with Gasteiger partial charge in [-0.25, -0.2) is 4.79 Å². The zero-order chi connectivity index (χ0) is 28.8. The predicted molar refractivity (Wildman–Crippen MR) is 147 cm³/mol. The highest BCUT2D eigenvalue weighted by Crippen LogP contribution is 2.29. The molecule has 3 amide bonds. The van der Waals surface area contributed by atoms with Crippen LogP contribution in [0, 0.1) is 0 Å². The molecule has 0 saturated heterocycles. The van der Waals surface area contributed by atoms with E-state index in [4.69, 9.17) is 14.7 Å². The van der Waals surface area contributed by atoms with Crippen molar-refractivity contribution in [2.24, 2.45) is 5.73 Å². The standard InChI is InChI=1S/C28H37N3O7S/c1-27(2,3)37-26(34)31-28(16-6-5-7-17-28)25(33)30-23(24(29)32)18-19-8-10-20(11-9-19)21-12-14-22(15-13-21)38-39(4,35)36/h8-15,23H,5-7,16-18H2,1-4H3,(H2,29,32)(H,30,33)(H,31,34)/t23-/m0/s1. The van der Waals surface area contributed by atoms with Crippen molar-refractivity contribution in [2.45, 2.75) is 76.5 Å². The Bertz CT molecular complexity index is 1280. The summed E-state index contributed by atoms with van der Waals surface area (Å²) >= 11 is 0. The summed E-state index contributed by atoms with van der Waals surface area (Å²) in [4.78, 5) is 38.3. The Labute approximate surface area is 229 Å². The van der Waals surface area contributed by atoms with E-state index in [0.717, 1.165) is 42.2 Å². The van der Waals surface area contributed by atoms with Crippen LogP contribution in [0.1, 0.15) is 58.4 Å². The Morgan fingerprint density at radius 3 is 1.97 bits per heavy atom. The highest BCUT2D eigenvalue weighted by atomic mass is 32.2. The van der Waals surface area contributed by atoms with Gasteiger partial charge in [0.15, 0.2) is 0 Å². The Balaban J connectivity index is 1.70. The third-order valence-corrected chi connectivity index (χ3v) is 6.85. The highest BCUT2D eigenvalue weighted by Gasteiger charge is 2.43. The summed E-state index contributed by atoms with van der Waals surface area (Å²) in [6, 6.07) is 13.0. The van der Waals surface area contributed by atoms with Crippen LogP contribution in [0.3, 0.4) is 0 Å². The van der Waals surface area contributed by atoms with E-state index in [1.54, 1.807) is 45.0 Å². The monoisotopic (exact) mass is 559 g/mol. The zero-order valence-electron chi connectivity index (χ0n) is 22.8. The molecule has 0 spiro atoms. The molecule has 0 unspecified atom stereocenters. The quantitative estimate of drug-likeness (QED) is 0.398. The number of ether oxygens (including phenoxy) is 1. The maximum absolute atomic E-state index is 13.4. The summed E-state index contributed by atoms with van der Waals surface area (Å²) in [5.74, 6) is -0.920. The maximum atomic E-state index is 13.4. The summed E-state index contributed by atoms with van der Waals surface area (Å²) in [7, 11) is -3.61. The molecule has 1 atom stereocenters. The van der Waals surface area contributed by atoms with Gasteiger partial charge < -0.3 is 25.3 Å². The van der Waals surface area contributed by atoms with Crippen LogP contribution in [-0.2, 0) is 30.9 Å². The first-order valence-corrected chi connectivity index (χ1v) is 14.7. The number of carbonyl (C=O) groups excluding carboxylic acids is 3. The molecule has 1 fully saturated rings. The van der Waals surface area contributed by atoms with Gasteiger partial charge in [0, 0.05) is 6.42 Å². The molecule has 39 heavy (non-hydrogen) atoms. The van der Waals surface area contributed by atoms with Gasteiger partial charge in [0.2, 0.25) is 11.8 Å². The van der Waals surface area contributed by atoms with Gasteiger partial charge in [-0.05, 0) is 62.4 Å². The molecule has 1 saturated carbocycles. The molecule has 0 aromatic heterocycles. The molecule has 0 bridgehead atoms. The second-order valence-electron chi connectivity index (χ2n) is 10.9. The van der Waals surface area contributed by atoms with Crippen LogP contribution in [-0.4, -0.2) is 49.8 Å². The van der Waals surface area contributed by atoms with E-state index in [0.29, 0.717) is 12.8 Å². The first-order valence-electron chi connectivity index (χ1n) is 12.9. The minimum absolute atomic E-state index is 0.172. The third-order valence-electron chi connectivity index (χ3n) is 6.36. The fourth-order valence-corrected chi connectivity index (χ4v) is 4.99. The molecule has 1 aliphatic carbocycles. The SMILES string of the molecule is CC(C)(C)OC(=O)NC1(C(=O)N[C@@H](Cc2ccc(-c3ccc(OS(C)(=O)=O)cc3)cc2)C(N)=O)CCCCC1. The largest absolute Gasteiger partial charge is 0.444 e. The predicted octanol–water partition coefficient (Wildman–Crippen LogP) is 3.43. The molecule has 10 nitrogen and oxygen atoms in total. The van der Waals surface area contributed by atoms with E-state index in [1.165, 1.54) is 0 Å². The van der Waals surface area contributed by atoms with Gasteiger partial charge in [0.25, 0.3) is 0 Å². The molecule has 3 rings (SSSR count). The van der Waals surface area contributed by atoms with E-state index in [9.17, 15) is 22.8 Å². The van der Waals surface area contributed by atoms with Gasteiger partial charge in [-0.15, -0.1) is 0 Å². The lowest BCUT2D eigenvalue weighted by Crippen LogP contribution is -2.63. The Morgan fingerprint density at radius 2 is 1.49 bits per heavy atom. The summed E-state index contributed by atoms with van der Waals surface area (Å²) in [6.07, 6.45) is 3.81. The van der Waals surface area contributed by atoms with Crippen LogP contribution in [0.2, 0.25) is 0 Å². The topological polar surface area (TPSA) is 154 Å². The Kier molecular flexibility index (Phi) is 9.26. The molecule has 0 heterocycles. The minimum Gasteiger partial charge on any atom is -0.444 e. The van der Waals surface area contributed by atoms with Gasteiger partial charge in [-0.1, -0.05) is 55.7 Å². The first kappa shape index (κ1) is 29.9. The average Bonchev–Trinajstić information content (AvgIpc) is 2.83. The number of hydrogen-bond donors (Lipinski definition) is 3. The Morgan fingerprint density at radius 1 is 0.949 bits per heavy atom. The summed E-state index contributed by atoms with van der Waals surface area (Å²) in [6.45, 7) is 5.24. The molecule has 1 aliphatic rings. The van der Waals surface area contributed by atoms with Crippen molar-refractivity contribution in [3.05, 3.63) is 54.1 Å². The summed E-state index contributed by atoms with van der Waals surface area (Å²) < 4.78 is 32.8. The number of carbonyl (C=O) groups is 3. The third kappa shape index (κ3) is 8.98. The van der Waals surface area contributed by atoms with Crippen LogP contribution in [0.4, 0.5) is 4.79 Å². The van der Waals surface area contributed by atoms with Crippen LogP contribution in [0.5, 0.6) is 5.75 Å². The summed E-state index contributed by atoms with van der Waals surface area (Å²) in [5.41, 5.74) is 6.24. The van der Waals surface area contributed by atoms with Gasteiger partial charge in [0.05, 0.1) is 6.26 Å². The lowest BCUT2D eigenvalue weighted by Gasteiger charge is -2.37. The van der Waals surface area contributed by atoms with Gasteiger partial charge in [-0.3, -0.25) is 9.59 Å². The maximum Gasteiger partial charge on any atom is 0.408 e. The average molecular weight is 560 g/mol. The number of benzene rings is 2. The van der Waals surface area contributed by atoms with Crippen molar-refractivity contribution in [1.29, 1.82) is 0 Å². The van der Waals surface area contributed by atoms with E-state index in [1.807, 2.05) is 24.3 Å². The molecule has 212 valence electrons. The molecular formula is C28H37N3O7S. The van der Waals surface area contributed by atoms with Crippen LogP contribution in [0.25, 0.3) is 11.1 Å². The van der Waals surface area contributed by atoms with Crippen LogP contribution >= 0.6 is 0 Å². The minimum atomic E-state index is -3.61. The number of rotatable bonds is 9. The molecule has 0 radical (unpaired) electrons. The first-order chi connectivity index (χ1) is 18.2. The highest BCUT2D eigenvalue weighted by molar-refractivity contribution is 7.86. The van der Waals surface area contributed by atoms with Crippen molar-refractivity contribution >= 4 is 28.0 Å². The fraction of sp³-hybridized carbons (Fsp3) is 0.464. The number of nitrogens with one attached hydrogen (secondary N) is 2. The number of primary amides is 1. The molecule has 2 aromatic rings. The normalized spacial score (nSPS) is 16.0. The second-order valence-corrected chi connectivity index (χ2v) is 12.5. The number of hydrogen-bond acceptors (Lipinski definition) is 7. The summed E-state index contributed by atoms with van der Waals surface area (Å²) in [5, 5.41) is 5.54. The lowest BCUT2D eigenvalue weighted by atomic mass is 9.80. The molecule has 11 heteroatoms. The number of nitrogens with two attached hydrogens (primary N) is 1. The zero-order valence-corrected chi connectivity index (χ0v) is 23.6.